The number of benzene rings is 1. The molecule has 0 radical (unpaired) electrons. The summed E-state index contributed by atoms with van der Waals surface area (Å²) >= 11 is 0. The van der Waals surface area contributed by atoms with E-state index in [0.29, 0.717) is 17.2 Å². The number of fused-ring (bicyclic) bond motifs is 1. The van der Waals surface area contributed by atoms with Gasteiger partial charge in [-0.1, -0.05) is 18.2 Å². The average molecular weight is 372 g/mol. The number of anilines is 4. The van der Waals surface area contributed by atoms with Crippen LogP contribution in [-0.4, -0.2) is 19.9 Å². The SMILES string of the molecule is CC(Nc1ncnc(N)c1N)c1cnc2c(N)cccc2c1-c1ccccn1. The van der Waals surface area contributed by atoms with E-state index in [4.69, 9.17) is 17.2 Å². The van der Waals surface area contributed by atoms with Crippen LogP contribution in [0.1, 0.15) is 18.5 Å². The number of hydrogen-bond acceptors (Lipinski definition) is 8. The summed E-state index contributed by atoms with van der Waals surface area (Å²) in [5, 5.41) is 4.23. The lowest BCUT2D eigenvalue weighted by atomic mass is 9.95. The van der Waals surface area contributed by atoms with E-state index < -0.39 is 0 Å². The van der Waals surface area contributed by atoms with Gasteiger partial charge in [0.15, 0.2) is 11.6 Å². The highest BCUT2D eigenvalue weighted by atomic mass is 15.1. The quantitative estimate of drug-likeness (QED) is 0.400. The molecule has 1 unspecified atom stereocenters. The van der Waals surface area contributed by atoms with Crippen molar-refractivity contribution in [3.63, 3.8) is 0 Å². The molecule has 4 rings (SSSR count). The van der Waals surface area contributed by atoms with E-state index in [1.165, 1.54) is 6.33 Å². The van der Waals surface area contributed by atoms with Crippen LogP contribution in [0.5, 0.6) is 0 Å². The Morgan fingerprint density at radius 3 is 2.57 bits per heavy atom. The Kier molecular flexibility index (Phi) is 4.36. The number of nitrogens with one attached hydrogen (secondary N) is 1. The molecule has 0 aliphatic carbocycles. The van der Waals surface area contributed by atoms with Crippen LogP contribution in [0.4, 0.5) is 23.0 Å². The van der Waals surface area contributed by atoms with E-state index >= 15 is 0 Å². The fourth-order valence-electron chi connectivity index (χ4n) is 3.19. The summed E-state index contributed by atoms with van der Waals surface area (Å²) in [6.45, 7) is 2.00. The first-order valence-corrected chi connectivity index (χ1v) is 8.77. The van der Waals surface area contributed by atoms with Gasteiger partial charge in [-0.25, -0.2) is 9.97 Å². The van der Waals surface area contributed by atoms with Crippen molar-refractivity contribution in [1.82, 2.24) is 19.9 Å². The minimum Gasteiger partial charge on any atom is -0.397 e. The lowest BCUT2D eigenvalue weighted by Crippen LogP contribution is -2.13. The Hall–Kier alpha value is -3.94. The molecule has 0 amide bonds. The van der Waals surface area contributed by atoms with Crippen molar-refractivity contribution >= 4 is 33.9 Å². The molecule has 0 bridgehead atoms. The maximum Gasteiger partial charge on any atom is 0.155 e. The molecule has 0 fully saturated rings. The number of hydrogen-bond donors (Lipinski definition) is 4. The number of rotatable bonds is 4. The highest BCUT2D eigenvalue weighted by Gasteiger charge is 2.19. The molecule has 28 heavy (non-hydrogen) atoms. The Morgan fingerprint density at radius 1 is 0.929 bits per heavy atom. The van der Waals surface area contributed by atoms with Crippen LogP contribution in [0, 0.1) is 0 Å². The molecule has 140 valence electrons. The fourth-order valence-corrected chi connectivity index (χ4v) is 3.19. The summed E-state index contributed by atoms with van der Waals surface area (Å²) < 4.78 is 0. The van der Waals surface area contributed by atoms with E-state index in [9.17, 15) is 0 Å². The molecule has 0 aliphatic heterocycles. The standard InChI is InChI=1S/C20H20N8/c1-11(28-20-17(22)19(23)26-10-27-20)13-9-25-18-12(5-4-6-14(18)21)16(13)15-7-2-3-8-24-15/h2-11H,21-22H2,1H3,(H3,23,26,27,28). The smallest absolute Gasteiger partial charge is 0.155 e. The molecule has 1 aromatic carbocycles. The summed E-state index contributed by atoms with van der Waals surface area (Å²) in [4.78, 5) is 17.2. The Morgan fingerprint density at radius 2 is 1.79 bits per heavy atom. The number of nitrogens with zero attached hydrogens (tertiary/aromatic N) is 4. The summed E-state index contributed by atoms with van der Waals surface area (Å²) in [7, 11) is 0. The third-order valence-electron chi connectivity index (χ3n) is 4.61. The van der Waals surface area contributed by atoms with Crippen LogP contribution >= 0.6 is 0 Å². The van der Waals surface area contributed by atoms with E-state index in [0.717, 1.165) is 27.7 Å². The molecule has 8 nitrogen and oxygen atoms in total. The molecule has 0 saturated carbocycles. The Bertz CT molecular complexity index is 1140. The molecular weight excluding hydrogens is 352 g/mol. The van der Waals surface area contributed by atoms with Gasteiger partial charge in [-0.3, -0.25) is 9.97 Å². The van der Waals surface area contributed by atoms with E-state index in [-0.39, 0.29) is 11.9 Å². The Labute approximate surface area is 161 Å². The lowest BCUT2D eigenvalue weighted by molar-refractivity contribution is 0.870. The predicted molar refractivity (Wildman–Crippen MR) is 112 cm³/mol. The van der Waals surface area contributed by atoms with Crippen LogP contribution in [0.15, 0.2) is 55.1 Å². The third-order valence-corrected chi connectivity index (χ3v) is 4.61. The topological polar surface area (TPSA) is 142 Å². The molecule has 0 aliphatic rings. The Balaban J connectivity index is 1.88. The number of para-hydroxylation sites is 1. The van der Waals surface area contributed by atoms with Gasteiger partial charge >= 0.3 is 0 Å². The minimum atomic E-state index is -0.174. The van der Waals surface area contributed by atoms with Crippen molar-refractivity contribution in [3.05, 3.63) is 60.7 Å². The predicted octanol–water partition coefficient (Wildman–Crippen LogP) is 3.01. The second kappa shape index (κ2) is 6.99. The van der Waals surface area contributed by atoms with Crippen LogP contribution in [0.2, 0.25) is 0 Å². The highest BCUT2D eigenvalue weighted by Crippen LogP contribution is 2.36. The normalized spacial score (nSPS) is 12.0. The zero-order valence-corrected chi connectivity index (χ0v) is 15.3. The summed E-state index contributed by atoms with van der Waals surface area (Å²) in [6, 6.07) is 11.4. The first kappa shape index (κ1) is 17.5. The van der Waals surface area contributed by atoms with E-state index in [1.54, 1.807) is 12.4 Å². The van der Waals surface area contributed by atoms with Crippen LogP contribution in [0.3, 0.4) is 0 Å². The summed E-state index contributed by atoms with van der Waals surface area (Å²) in [5.74, 6) is 0.707. The van der Waals surface area contributed by atoms with E-state index in [1.807, 2.05) is 43.3 Å². The first-order chi connectivity index (χ1) is 13.6. The maximum atomic E-state index is 6.14. The maximum absolute atomic E-state index is 6.14. The van der Waals surface area contributed by atoms with Crippen LogP contribution < -0.4 is 22.5 Å². The molecule has 0 saturated heterocycles. The highest BCUT2D eigenvalue weighted by molar-refractivity contribution is 6.00. The van der Waals surface area contributed by atoms with Gasteiger partial charge < -0.3 is 22.5 Å². The van der Waals surface area contributed by atoms with Gasteiger partial charge in [-0.15, -0.1) is 0 Å². The number of aromatic nitrogens is 4. The second-order valence-corrected chi connectivity index (χ2v) is 6.43. The van der Waals surface area contributed by atoms with Gasteiger partial charge in [0, 0.05) is 28.9 Å². The van der Waals surface area contributed by atoms with Gasteiger partial charge in [0.05, 0.1) is 22.9 Å². The third kappa shape index (κ3) is 3.01. The van der Waals surface area contributed by atoms with Gasteiger partial charge in [0.1, 0.15) is 12.0 Å². The van der Waals surface area contributed by atoms with Crippen LogP contribution in [0.25, 0.3) is 22.2 Å². The monoisotopic (exact) mass is 372 g/mol. The van der Waals surface area contributed by atoms with Gasteiger partial charge in [-0.2, -0.15) is 0 Å². The van der Waals surface area contributed by atoms with Crippen molar-refractivity contribution in [2.75, 3.05) is 22.5 Å². The van der Waals surface area contributed by atoms with Crippen LogP contribution in [-0.2, 0) is 0 Å². The van der Waals surface area contributed by atoms with Crippen molar-refractivity contribution in [2.45, 2.75) is 13.0 Å². The average Bonchev–Trinajstić information content (AvgIpc) is 2.71. The van der Waals surface area contributed by atoms with Gasteiger partial charge in [-0.05, 0) is 25.1 Å². The largest absolute Gasteiger partial charge is 0.397 e. The molecule has 4 aromatic rings. The lowest BCUT2D eigenvalue weighted by Gasteiger charge is -2.20. The fraction of sp³-hybridized carbons (Fsp3) is 0.100. The number of pyridine rings is 2. The molecular formula is C20H20N8. The van der Waals surface area contributed by atoms with E-state index in [2.05, 4.69) is 25.3 Å². The summed E-state index contributed by atoms with van der Waals surface area (Å²) in [5.41, 5.74) is 22.4. The summed E-state index contributed by atoms with van der Waals surface area (Å²) in [6.07, 6.45) is 4.94. The van der Waals surface area contributed by atoms with Crippen molar-refractivity contribution in [3.8, 4) is 11.3 Å². The zero-order chi connectivity index (χ0) is 19.7. The van der Waals surface area contributed by atoms with Gasteiger partial charge in [0.25, 0.3) is 0 Å². The van der Waals surface area contributed by atoms with Crippen molar-refractivity contribution in [1.29, 1.82) is 0 Å². The number of nitrogens with two attached hydrogens (primary N) is 3. The zero-order valence-electron chi connectivity index (χ0n) is 15.3. The number of nitrogen functional groups attached to an aromatic ring is 3. The molecule has 7 N–H and O–H groups in total. The molecule has 8 heteroatoms. The minimum absolute atomic E-state index is 0.174. The van der Waals surface area contributed by atoms with Crippen molar-refractivity contribution in [2.24, 2.45) is 0 Å². The molecule has 3 aromatic heterocycles. The van der Waals surface area contributed by atoms with Crippen molar-refractivity contribution < 1.29 is 0 Å². The molecule has 1 atom stereocenters. The first-order valence-electron chi connectivity index (χ1n) is 8.77. The second-order valence-electron chi connectivity index (χ2n) is 6.43. The molecule has 3 heterocycles. The molecule has 0 spiro atoms. The van der Waals surface area contributed by atoms with Gasteiger partial charge in [0.2, 0.25) is 0 Å².